The molecule has 1 aromatic heterocycles. The van der Waals surface area contributed by atoms with E-state index in [-0.39, 0.29) is 12.3 Å². The summed E-state index contributed by atoms with van der Waals surface area (Å²) in [6.07, 6.45) is 3.45. The average Bonchev–Trinajstić information content (AvgIpc) is 2.36. The zero-order chi connectivity index (χ0) is 13.4. The van der Waals surface area contributed by atoms with Gasteiger partial charge in [0.2, 0.25) is 5.91 Å². The molecule has 5 nitrogen and oxygen atoms in total. The summed E-state index contributed by atoms with van der Waals surface area (Å²) in [5, 5.41) is 11.9. The van der Waals surface area contributed by atoms with Gasteiger partial charge < -0.3 is 10.2 Å². The Balaban J connectivity index is 2.45. The number of pyridine rings is 1. The smallest absolute Gasteiger partial charge is 0.221 e. The van der Waals surface area contributed by atoms with E-state index in [1.165, 1.54) is 0 Å². The zero-order valence-corrected chi connectivity index (χ0v) is 10.8. The van der Waals surface area contributed by atoms with Crippen molar-refractivity contribution in [2.24, 2.45) is 0 Å². The molecule has 1 amide bonds. The van der Waals surface area contributed by atoms with Crippen molar-refractivity contribution >= 4 is 5.91 Å². The van der Waals surface area contributed by atoms with Gasteiger partial charge >= 0.3 is 0 Å². The van der Waals surface area contributed by atoms with Gasteiger partial charge in [0.15, 0.2) is 0 Å². The second kappa shape index (κ2) is 7.41. The van der Waals surface area contributed by atoms with Gasteiger partial charge in [-0.2, -0.15) is 5.26 Å². The van der Waals surface area contributed by atoms with Gasteiger partial charge in [0, 0.05) is 31.9 Å². The Morgan fingerprint density at radius 1 is 1.50 bits per heavy atom. The maximum atomic E-state index is 11.7. The van der Waals surface area contributed by atoms with Gasteiger partial charge in [-0.05, 0) is 31.8 Å². The van der Waals surface area contributed by atoms with Crippen LogP contribution in [0.5, 0.6) is 0 Å². The van der Waals surface area contributed by atoms with Crippen LogP contribution in [0.2, 0.25) is 0 Å². The SMILES string of the molecule is CN(C)CCNC(=O)CC(C#N)c1ccncc1. The highest BCUT2D eigenvalue weighted by Crippen LogP contribution is 2.17. The predicted molar refractivity (Wildman–Crippen MR) is 68.8 cm³/mol. The van der Waals surface area contributed by atoms with Gasteiger partial charge in [-0.25, -0.2) is 0 Å². The van der Waals surface area contributed by atoms with Crippen LogP contribution in [0, 0.1) is 11.3 Å². The molecular weight excluding hydrogens is 228 g/mol. The molecule has 1 rings (SSSR count). The molecule has 18 heavy (non-hydrogen) atoms. The van der Waals surface area contributed by atoms with Gasteiger partial charge in [-0.1, -0.05) is 0 Å². The van der Waals surface area contributed by atoms with Crippen LogP contribution in [0.15, 0.2) is 24.5 Å². The molecule has 0 saturated heterocycles. The largest absolute Gasteiger partial charge is 0.355 e. The molecule has 1 atom stereocenters. The molecule has 96 valence electrons. The molecule has 0 fully saturated rings. The Bertz CT molecular complexity index is 411. The molecule has 1 aromatic rings. The molecule has 0 radical (unpaired) electrons. The molecular formula is C13H18N4O. The second-order valence-electron chi connectivity index (χ2n) is 4.32. The molecule has 0 aliphatic carbocycles. The normalized spacial score (nSPS) is 11.9. The molecule has 0 bridgehead atoms. The molecule has 0 aromatic carbocycles. The molecule has 0 spiro atoms. The number of nitrogens with zero attached hydrogens (tertiary/aromatic N) is 3. The summed E-state index contributed by atoms with van der Waals surface area (Å²) in [4.78, 5) is 17.6. The summed E-state index contributed by atoms with van der Waals surface area (Å²) in [7, 11) is 3.89. The second-order valence-corrected chi connectivity index (χ2v) is 4.32. The van der Waals surface area contributed by atoms with Crippen LogP contribution in [-0.2, 0) is 4.79 Å². The van der Waals surface area contributed by atoms with E-state index in [2.05, 4.69) is 16.4 Å². The minimum absolute atomic E-state index is 0.0970. The van der Waals surface area contributed by atoms with E-state index in [1.54, 1.807) is 24.5 Å². The van der Waals surface area contributed by atoms with Crippen LogP contribution in [0.3, 0.4) is 0 Å². The number of hydrogen-bond donors (Lipinski definition) is 1. The van der Waals surface area contributed by atoms with E-state index in [0.29, 0.717) is 6.54 Å². The Labute approximate surface area is 107 Å². The fraction of sp³-hybridized carbons (Fsp3) is 0.462. The number of carbonyl (C=O) groups excluding carboxylic acids is 1. The van der Waals surface area contributed by atoms with E-state index in [9.17, 15) is 4.79 Å². The Morgan fingerprint density at radius 2 is 2.17 bits per heavy atom. The van der Waals surface area contributed by atoms with Gasteiger partial charge in [0.05, 0.1) is 12.0 Å². The van der Waals surface area contributed by atoms with Crippen LogP contribution in [0.4, 0.5) is 0 Å². The fourth-order valence-corrected chi connectivity index (χ4v) is 1.51. The lowest BCUT2D eigenvalue weighted by Crippen LogP contribution is -2.32. The first-order valence-electron chi connectivity index (χ1n) is 5.84. The first-order valence-corrected chi connectivity index (χ1v) is 5.84. The number of amides is 1. The van der Waals surface area contributed by atoms with Gasteiger partial charge in [0.1, 0.15) is 0 Å². The maximum absolute atomic E-state index is 11.7. The topological polar surface area (TPSA) is 69.0 Å². The number of nitrogens with one attached hydrogen (secondary N) is 1. The monoisotopic (exact) mass is 246 g/mol. The van der Waals surface area contributed by atoms with Crippen molar-refractivity contribution < 1.29 is 4.79 Å². The Kier molecular flexibility index (Phi) is 5.81. The van der Waals surface area contributed by atoms with Gasteiger partial charge in [-0.15, -0.1) is 0 Å². The first-order chi connectivity index (χ1) is 8.63. The van der Waals surface area contributed by atoms with E-state index in [1.807, 2.05) is 19.0 Å². The average molecular weight is 246 g/mol. The summed E-state index contributed by atoms with van der Waals surface area (Å²) in [6, 6.07) is 5.68. The number of aromatic nitrogens is 1. The highest BCUT2D eigenvalue weighted by atomic mass is 16.1. The van der Waals surface area contributed by atoms with Crippen LogP contribution < -0.4 is 5.32 Å². The zero-order valence-electron chi connectivity index (χ0n) is 10.8. The summed E-state index contributed by atoms with van der Waals surface area (Å²) in [6.45, 7) is 1.39. The van der Waals surface area contributed by atoms with Crippen molar-refractivity contribution in [2.75, 3.05) is 27.2 Å². The van der Waals surface area contributed by atoms with E-state index >= 15 is 0 Å². The van der Waals surface area contributed by atoms with Crippen molar-refractivity contribution in [3.8, 4) is 6.07 Å². The Morgan fingerprint density at radius 3 is 2.72 bits per heavy atom. The van der Waals surface area contributed by atoms with E-state index in [0.717, 1.165) is 12.1 Å². The number of hydrogen-bond acceptors (Lipinski definition) is 4. The standard InChI is InChI=1S/C13H18N4O/c1-17(2)8-7-16-13(18)9-12(10-14)11-3-5-15-6-4-11/h3-6,12H,7-9H2,1-2H3,(H,16,18). The first kappa shape index (κ1) is 14.1. The highest BCUT2D eigenvalue weighted by molar-refractivity contribution is 5.77. The number of carbonyl (C=O) groups is 1. The van der Waals surface area contributed by atoms with Crippen molar-refractivity contribution in [1.29, 1.82) is 5.26 Å². The third-order valence-corrected chi connectivity index (χ3v) is 2.54. The van der Waals surface area contributed by atoms with Crippen molar-refractivity contribution in [3.05, 3.63) is 30.1 Å². The van der Waals surface area contributed by atoms with Crippen LogP contribution in [-0.4, -0.2) is 43.0 Å². The molecule has 1 unspecified atom stereocenters. The molecule has 0 saturated carbocycles. The minimum Gasteiger partial charge on any atom is -0.355 e. The summed E-state index contributed by atoms with van der Waals surface area (Å²) in [5.41, 5.74) is 0.829. The van der Waals surface area contributed by atoms with Crippen LogP contribution in [0.1, 0.15) is 17.9 Å². The third-order valence-electron chi connectivity index (χ3n) is 2.54. The van der Waals surface area contributed by atoms with Crippen LogP contribution in [0.25, 0.3) is 0 Å². The lowest BCUT2D eigenvalue weighted by atomic mass is 9.98. The lowest BCUT2D eigenvalue weighted by Gasteiger charge is -2.12. The van der Waals surface area contributed by atoms with Crippen molar-refractivity contribution in [1.82, 2.24) is 15.2 Å². The Hall–Kier alpha value is -1.93. The molecule has 1 N–H and O–H groups in total. The summed E-state index contributed by atoms with van der Waals surface area (Å²) < 4.78 is 0. The van der Waals surface area contributed by atoms with Gasteiger partial charge in [-0.3, -0.25) is 9.78 Å². The minimum atomic E-state index is -0.410. The number of likely N-dealkylation sites (N-methyl/N-ethyl adjacent to an activating group) is 1. The third kappa shape index (κ3) is 4.93. The van der Waals surface area contributed by atoms with Crippen molar-refractivity contribution in [3.63, 3.8) is 0 Å². The lowest BCUT2D eigenvalue weighted by molar-refractivity contribution is -0.121. The van der Waals surface area contributed by atoms with E-state index < -0.39 is 5.92 Å². The number of rotatable bonds is 6. The molecule has 5 heteroatoms. The quantitative estimate of drug-likeness (QED) is 0.804. The molecule has 0 aliphatic rings. The summed E-state index contributed by atoms with van der Waals surface area (Å²) in [5.74, 6) is -0.507. The highest BCUT2D eigenvalue weighted by Gasteiger charge is 2.14. The van der Waals surface area contributed by atoms with Crippen molar-refractivity contribution in [2.45, 2.75) is 12.3 Å². The molecule has 0 aliphatic heterocycles. The summed E-state index contributed by atoms with van der Waals surface area (Å²) >= 11 is 0. The fourth-order valence-electron chi connectivity index (χ4n) is 1.51. The molecule has 1 heterocycles. The number of nitriles is 1. The van der Waals surface area contributed by atoms with Gasteiger partial charge in [0.25, 0.3) is 0 Å². The predicted octanol–water partition coefficient (Wildman–Crippen LogP) is 0.757. The maximum Gasteiger partial charge on any atom is 0.221 e. The van der Waals surface area contributed by atoms with E-state index in [4.69, 9.17) is 5.26 Å². The van der Waals surface area contributed by atoms with Crippen LogP contribution >= 0.6 is 0 Å².